The summed E-state index contributed by atoms with van der Waals surface area (Å²) in [7, 11) is -0.627. The van der Waals surface area contributed by atoms with Crippen LogP contribution in [0.4, 0.5) is 4.79 Å². The van der Waals surface area contributed by atoms with Crippen LogP contribution < -0.4 is 5.32 Å². The zero-order chi connectivity index (χ0) is 21.2. The number of pyridine rings is 1. The van der Waals surface area contributed by atoms with E-state index in [2.05, 4.69) is 10.3 Å². The lowest BCUT2D eigenvalue weighted by atomic mass is 9.77. The van der Waals surface area contributed by atoms with Crippen molar-refractivity contribution in [3.05, 3.63) is 35.1 Å². The van der Waals surface area contributed by atoms with Gasteiger partial charge in [0.25, 0.3) is 0 Å². The molecular formula is C20H31BN2O5. The number of hydrogen-bond acceptors (Lipinski definition) is 6. The van der Waals surface area contributed by atoms with Crippen LogP contribution in [0.15, 0.2) is 23.9 Å². The Morgan fingerprint density at radius 3 is 2.39 bits per heavy atom. The molecule has 1 aliphatic rings. The smallest absolute Gasteiger partial charge is 0.444 e. The normalized spacial score (nSPS) is 18.9. The molecular weight excluding hydrogens is 359 g/mol. The van der Waals surface area contributed by atoms with E-state index in [4.69, 9.17) is 14.0 Å². The maximum absolute atomic E-state index is 12.1. The maximum atomic E-state index is 12.1. The van der Waals surface area contributed by atoms with E-state index in [-0.39, 0.29) is 13.2 Å². The van der Waals surface area contributed by atoms with Gasteiger partial charge in [0.15, 0.2) is 0 Å². The predicted octanol–water partition coefficient (Wildman–Crippen LogP) is 3.11. The van der Waals surface area contributed by atoms with Gasteiger partial charge >= 0.3 is 13.2 Å². The highest BCUT2D eigenvalue weighted by molar-refractivity contribution is 6.56. The lowest BCUT2D eigenvalue weighted by molar-refractivity contribution is 0.00578. The number of carbonyl (C=O) groups excluding carboxylic acids is 1. The van der Waals surface area contributed by atoms with Crippen molar-refractivity contribution in [2.45, 2.75) is 71.9 Å². The Bertz CT molecular complexity index is 724. The first-order chi connectivity index (χ1) is 12.8. The lowest BCUT2D eigenvalue weighted by Gasteiger charge is -2.32. The Kier molecular flexibility index (Phi) is 6.58. The van der Waals surface area contributed by atoms with E-state index in [1.165, 1.54) is 0 Å². The van der Waals surface area contributed by atoms with Crippen molar-refractivity contribution >= 4 is 19.3 Å². The third-order valence-corrected chi connectivity index (χ3v) is 4.74. The summed E-state index contributed by atoms with van der Waals surface area (Å²) >= 11 is 0. The number of aliphatic hydroxyl groups is 1. The number of rotatable bonds is 5. The third kappa shape index (κ3) is 5.80. The zero-order valence-electron chi connectivity index (χ0n) is 17.8. The van der Waals surface area contributed by atoms with Crippen LogP contribution in [-0.2, 0) is 20.7 Å². The Morgan fingerprint density at radius 1 is 1.25 bits per heavy atom. The molecule has 2 heterocycles. The fraction of sp³-hybridized carbons (Fsp3) is 0.600. The van der Waals surface area contributed by atoms with E-state index in [9.17, 15) is 9.90 Å². The molecule has 0 saturated carbocycles. The summed E-state index contributed by atoms with van der Waals surface area (Å²) in [5, 5.41) is 12.1. The minimum Gasteiger partial charge on any atom is -0.444 e. The number of ether oxygens (including phenoxy) is 1. The minimum absolute atomic E-state index is 0.101. The van der Waals surface area contributed by atoms with E-state index >= 15 is 0 Å². The van der Waals surface area contributed by atoms with Gasteiger partial charge in [-0.2, -0.15) is 0 Å². The van der Waals surface area contributed by atoms with Crippen LogP contribution in [0.3, 0.4) is 0 Å². The van der Waals surface area contributed by atoms with Gasteiger partial charge in [-0.05, 0) is 71.1 Å². The molecule has 0 spiro atoms. The molecule has 0 radical (unpaired) electrons. The van der Waals surface area contributed by atoms with Gasteiger partial charge < -0.3 is 24.5 Å². The van der Waals surface area contributed by atoms with E-state index in [1.807, 2.05) is 60.6 Å². The van der Waals surface area contributed by atoms with Crippen molar-refractivity contribution in [2.24, 2.45) is 0 Å². The highest BCUT2D eigenvalue weighted by Gasteiger charge is 2.52. The number of aliphatic hydroxyl groups excluding tert-OH is 1. The lowest BCUT2D eigenvalue weighted by Crippen LogP contribution is -2.41. The van der Waals surface area contributed by atoms with Crippen LogP contribution in [0.5, 0.6) is 0 Å². The number of nitrogens with one attached hydrogen (secondary N) is 1. The zero-order valence-corrected chi connectivity index (χ0v) is 17.8. The van der Waals surface area contributed by atoms with E-state index in [0.717, 1.165) is 11.0 Å². The van der Waals surface area contributed by atoms with Gasteiger partial charge in [-0.1, -0.05) is 6.08 Å². The Morgan fingerprint density at radius 2 is 1.86 bits per heavy atom. The van der Waals surface area contributed by atoms with Crippen molar-refractivity contribution in [1.82, 2.24) is 10.3 Å². The van der Waals surface area contributed by atoms with Crippen LogP contribution in [0.1, 0.15) is 59.6 Å². The summed E-state index contributed by atoms with van der Waals surface area (Å²) < 4.78 is 17.6. The summed E-state index contributed by atoms with van der Waals surface area (Å²) in [5.74, 6) is 0. The molecule has 2 rings (SSSR count). The van der Waals surface area contributed by atoms with Crippen LogP contribution in [0.2, 0.25) is 0 Å². The molecule has 154 valence electrons. The summed E-state index contributed by atoms with van der Waals surface area (Å²) in [4.78, 5) is 16.2. The molecule has 1 aromatic heterocycles. The maximum Gasteiger partial charge on any atom is 0.492 e. The molecule has 2 N–H and O–H groups in total. The number of aromatic nitrogens is 1. The largest absolute Gasteiger partial charge is 0.492 e. The fourth-order valence-corrected chi connectivity index (χ4v) is 2.57. The predicted molar refractivity (Wildman–Crippen MR) is 108 cm³/mol. The van der Waals surface area contributed by atoms with Crippen LogP contribution in [0, 0.1) is 0 Å². The van der Waals surface area contributed by atoms with Gasteiger partial charge in [0.1, 0.15) is 5.60 Å². The Hall–Kier alpha value is -1.90. The first-order valence-corrected chi connectivity index (χ1v) is 9.41. The molecule has 7 nitrogen and oxygen atoms in total. The molecule has 0 aromatic carbocycles. The van der Waals surface area contributed by atoms with Crippen molar-refractivity contribution in [3.8, 4) is 0 Å². The monoisotopic (exact) mass is 390 g/mol. The van der Waals surface area contributed by atoms with Gasteiger partial charge in [0.05, 0.1) is 17.8 Å². The summed E-state index contributed by atoms with van der Waals surface area (Å²) in [6, 6.07) is 1.83. The molecule has 1 aliphatic heterocycles. The van der Waals surface area contributed by atoms with Gasteiger partial charge in [-0.15, -0.1) is 0 Å². The average Bonchev–Trinajstić information content (AvgIpc) is 2.77. The van der Waals surface area contributed by atoms with E-state index < -0.39 is 30.0 Å². The van der Waals surface area contributed by atoms with Crippen molar-refractivity contribution in [3.63, 3.8) is 0 Å². The molecule has 0 bridgehead atoms. The van der Waals surface area contributed by atoms with Gasteiger partial charge in [-0.3, -0.25) is 4.98 Å². The molecule has 1 aromatic rings. The average molecular weight is 390 g/mol. The number of alkyl carbamates (subject to hydrolysis) is 1. The number of carbonyl (C=O) groups is 1. The number of nitrogens with zero attached hydrogens (tertiary/aromatic N) is 1. The van der Waals surface area contributed by atoms with Crippen LogP contribution in [0.25, 0.3) is 6.08 Å². The first-order valence-electron chi connectivity index (χ1n) is 9.41. The molecule has 0 aliphatic carbocycles. The summed E-state index contributed by atoms with van der Waals surface area (Å²) in [6.45, 7) is 13.4. The van der Waals surface area contributed by atoms with Gasteiger partial charge in [0.2, 0.25) is 0 Å². The van der Waals surface area contributed by atoms with Crippen molar-refractivity contribution in [2.75, 3.05) is 6.54 Å². The Labute approximate surface area is 167 Å². The highest BCUT2D eigenvalue weighted by Crippen LogP contribution is 2.38. The van der Waals surface area contributed by atoms with Gasteiger partial charge in [-0.25, -0.2) is 4.79 Å². The van der Waals surface area contributed by atoms with E-state index in [0.29, 0.717) is 5.56 Å². The Balaban J connectivity index is 2.26. The molecule has 1 fully saturated rings. The summed E-state index contributed by atoms with van der Waals surface area (Å²) in [6.07, 6.45) is 4.62. The quantitative estimate of drug-likeness (QED) is 0.751. The molecule has 28 heavy (non-hydrogen) atoms. The molecule has 1 saturated heterocycles. The van der Waals surface area contributed by atoms with Gasteiger partial charge in [0, 0.05) is 18.9 Å². The number of amides is 1. The number of hydrogen-bond donors (Lipinski definition) is 2. The topological polar surface area (TPSA) is 89.9 Å². The second kappa shape index (κ2) is 8.23. The van der Waals surface area contributed by atoms with Crippen molar-refractivity contribution < 1.29 is 23.9 Å². The molecule has 0 atom stereocenters. The first kappa shape index (κ1) is 22.4. The van der Waals surface area contributed by atoms with Crippen molar-refractivity contribution in [1.29, 1.82) is 0 Å². The van der Waals surface area contributed by atoms with Crippen LogP contribution >= 0.6 is 0 Å². The second-order valence-corrected chi connectivity index (χ2v) is 8.95. The van der Waals surface area contributed by atoms with E-state index in [1.54, 1.807) is 12.4 Å². The molecule has 0 unspecified atom stereocenters. The third-order valence-electron chi connectivity index (χ3n) is 4.74. The SMILES string of the molecule is CC(C)(C)OC(=O)NCC(=Cc1cncc(CO)c1)B1OC(C)(C)C(C)(C)O1. The standard InChI is InChI=1S/C20H31BN2O5/c1-18(2,3)26-17(25)23-12-16(9-14-8-15(13-24)11-22-10-14)21-27-19(4,5)20(6,7)28-21/h8-11,24H,12-13H2,1-7H3,(H,23,25). The van der Waals surface area contributed by atoms with Crippen LogP contribution in [-0.4, -0.2) is 46.7 Å². The fourth-order valence-electron chi connectivity index (χ4n) is 2.57. The molecule has 1 amide bonds. The minimum atomic E-state index is -0.627. The molecule has 8 heteroatoms. The highest BCUT2D eigenvalue weighted by atomic mass is 16.7. The second-order valence-electron chi connectivity index (χ2n) is 8.95. The summed E-state index contributed by atoms with van der Waals surface area (Å²) in [5.41, 5.74) is 0.602.